The molecule has 0 aliphatic heterocycles. The van der Waals surface area contributed by atoms with Gasteiger partial charge in [0.25, 0.3) is 0 Å². The van der Waals surface area contributed by atoms with Crippen molar-refractivity contribution in [1.82, 2.24) is 14.3 Å². The average Bonchev–Trinajstić information content (AvgIpc) is 2.46. The number of aromatic nitrogens is 3. The summed E-state index contributed by atoms with van der Waals surface area (Å²) in [6.07, 6.45) is 2.54. The Kier molecular flexibility index (Phi) is 2.90. The van der Waals surface area contributed by atoms with Crippen molar-refractivity contribution in [2.24, 2.45) is 0 Å². The van der Waals surface area contributed by atoms with E-state index in [4.69, 9.17) is 0 Å². The highest BCUT2D eigenvalue weighted by atomic mass is 16.2. The molecule has 0 radical (unpaired) electrons. The van der Waals surface area contributed by atoms with Crippen LogP contribution in [0.25, 0.3) is 0 Å². The Labute approximate surface area is 78.2 Å². The van der Waals surface area contributed by atoms with Gasteiger partial charge in [0, 0.05) is 6.04 Å². The first kappa shape index (κ1) is 10.0. The quantitative estimate of drug-likeness (QED) is 0.714. The maximum atomic E-state index is 11.7. The van der Waals surface area contributed by atoms with E-state index in [1.54, 1.807) is 15.6 Å². The van der Waals surface area contributed by atoms with Crippen LogP contribution in [0.3, 0.4) is 0 Å². The molecule has 4 nitrogen and oxygen atoms in total. The zero-order valence-corrected chi connectivity index (χ0v) is 8.69. The van der Waals surface area contributed by atoms with Crippen LogP contribution in [0, 0.1) is 0 Å². The fraction of sp³-hybridized carbons (Fsp3) is 0.778. The van der Waals surface area contributed by atoms with Crippen molar-refractivity contribution in [1.29, 1.82) is 0 Å². The van der Waals surface area contributed by atoms with Crippen LogP contribution in [0.1, 0.15) is 46.2 Å². The lowest BCUT2D eigenvalue weighted by molar-refractivity contribution is 0.450. The molecule has 0 spiro atoms. The molecule has 1 rings (SSSR count). The fourth-order valence-electron chi connectivity index (χ4n) is 1.16. The fourth-order valence-corrected chi connectivity index (χ4v) is 1.16. The first-order chi connectivity index (χ1) is 6.07. The molecule has 74 valence electrons. The van der Waals surface area contributed by atoms with Crippen LogP contribution < -0.4 is 5.69 Å². The summed E-state index contributed by atoms with van der Waals surface area (Å²) < 4.78 is 3.19. The summed E-state index contributed by atoms with van der Waals surface area (Å²) in [5, 5.41) is 4.07. The van der Waals surface area contributed by atoms with Gasteiger partial charge in [-0.2, -0.15) is 5.10 Å². The zero-order valence-electron chi connectivity index (χ0n) is 8.69. The molecule has 1 heterocycles. The van der Waals surface area contributed by atoms with Crippen molar-refractivity contribution >= 4 is 0 Å². The maximum Gasteiger partial charge on any atom is 0.346 e. The minimum absolute atomic E-state index is 0.00986. The van der Waals surface area contributed by atoms with Crippen molar-refractivity contribution < 1.29 is 0 Å². The molecule has 0 aliphatic carbocycles. The molecule has 1 unspecified atom stereocenters. The van der Waals surface area contributed by atoms with Crippen LogP contribution >= 0.6 is 0 Å². The number of rotatable bonds is 3. The van der Waals surface area contributed by atoms with Crippen molar-refractivity contribution in [2.75, 3.05) is 0 Å². The van der Waals surface area contributed by atoms with E-state index >= 15 is 0 Å². The van der Waals surface area contributed by atoms with Gasteiger partial charge in [-0.1, -0.05) is 6.92 Å². The molecule has 0 saturated heterocycles. The summed E-state index contributed by atoms with van der Waals surface area (Å²) in [4.78, 5) is 11.7. The second kappa shape index (κ2) is 3.77. The molecule has 13 heavy (non-hydrogen) atoms. The average molecular weight is 183 g/mol. The van der Waals surface area contributed by atoms with Gasteiger partial charge in [-0.25, -0.2) is 9.48 Å². The SMILES string of the molecule is CCC(C)n1ncn(C(C)C)c1=O. The highest BCUT2D eigenvalue weighted by molar-refractivity contribution is 4.74. The van der Waals surface area contributed by atoms with E-state index in [1.807, 2.05) is 27.7 Å². The third-order valence-electron chi connectivity index (χ3n) is 2.28. The van der Waals surface area contributed by atoms with Crippen LogP contribution in [0.15, 0.2) is 11.1 Å². The molecule has 1 atom stereocenters. The van der Waals surface area contributed by atoms with E-state index in [0.717, 1.165) is 6.42 Å². The number of hydrogen-bond acceptors (Lipinski definition) is 2. The van der Waals surface area contributed by atoms with Gasteiger partial charge in [-0.15, -0.1) is 0 Å². The molecule has 0 aromatic carbocycles. The van der Waals surface area contributed by atoms with Crippen LogP contribution in [0.4, 0.5) is 0 Å². The number of hydrogen-bond donors (Lipinski definition) is 0. The van der Waals surface area contributed by atoms with E-state index < -0.39 is 0 Å². The molecule has 0 fully saturated rings. The summed E-state index contributed by atoms with van der Waals surface area (Å²) in [5.41, 5.74) is -0.00986. The van der Waals surface area contributed by atoms with Crippen molar-refractivity contribution in [3.8, 4) is 0 Å². The summed E-state index contributed by atoms with van der Waals surface area (Å²) in [5.74, 6) is 0. The Morgan fingerprint density at radius 3 is 2.46 bits per heavy atom. The lowest BCUT2D eigenvalue weighted by Gasteiger charge is -2.07. The molecule has 1 aromatic rings. The summed E-state index contributed by atoms with van der Waals surface area (Å²) in [7, 11) is 0. The summed E-state index contributed by atoms with van der Waals surface area (Å²) in [6, 6.07) is 0.373. The minimum atomic E-state index is -0.00986. The zero-order chi connectivity index (χ0) is 10.0. The van der Waals surface area contributed by atoms with E-state index in [1.165, 1.54) is 0 Å². The second-order valence-electron chi connectivity index (χ2n) is 3.62. The Morgan fingerprint density at radius 2 is 2.08 bits per heavy atom. The molecule has 4 heteroatoms. The Bertz CT molecular complexity index is 324. The molecule has 0 aliphatic rings. The van der Waals surface area contributed by atoms with Crippen molar-refractivity contribution in [3.05, 3.63) is 16.8 Å². The minimum Gasteiger partial charge on any atom is -0.279 e. The van der Waals surface area contributed by atoms with Crippen LogP contribution in [0.2, 0.25) is 0 Å². The smallest absolute Gasteiger partial charge is 0.279 e. The van der Waals surface area contributed by atoms with Crippen molar-refractivity contribution in [2.45, 2.75) is 46.2 Å². The normalized spacial score (nSPS) is 13.6. The molecule has 0 bridgehead atoms. The Balaban J connectivity index is 3.07. The van der Waals surface area contributed by atoms with Gasteiger partial charge in [0.05, 0.1) is 6.04 Å². The van der Waals surface area contributed by atoms with Crippen LogP contribution in [-0.2, 0) is 0 Å². The van der Waals surface area contributed by atoms with Crippen LogP contribution in [-0.4, -0.2) is 14.3 Å². The van der Waals surface area contributed by atoms with Gasteiger partial charge >= 0.3 is 5.69 Å². The molecule has 1 aromatic heterocycles. The van der Waals surface area contributed by atoms with E-state index in [0.29, 0.717) is 0 Å². The largest absolute Gasteiger partial charge is 0.346 e. The van der Waals surface area contributed by atoms with E-state index in [2.05, 4.69) is 5.10 Å². The third-order valence-corrected chi connectivity index (χ3v) is 2.28. The topological polar surface area (TPSA) is 39.8 Å². The predicted molar refractivity (Wildman–Crippen MR) is 51.9 cm³/mol. The summed E-state index contributed by atoms with van der Waals surface area (Å²) in [6.45, 7) is 8.00. The van der Waals surface area contributed by atoms with Crippen LogP contribution in [0.5, 0.6) is 0 Å². The van der Waals surface area contributed by atoms with Gasteiger partial charge in [0.2, 0.25) is 0 Å². The molecular weight excluding hydrogens is 166 g/mol. The number of nitrogens with zero attached hydrogens (tertiary/aromatic N) is 3. The highest BCUT2D eigenvalue weighted by Crippen LogP contribution is 2.05. The van der Waals surface area contributed by atoms with Gasteiger partial charge in [0.1, 0.15) is 6.33 Å². The maximum absolute atomic E-state index is 11.7. The molecular formula is C9H17N3O. The first-order valence-corrected chi connectivity index (χ1v) is 4.73. The van der Waals surface area contributed by atoms with Crippen molar-refractivity contribution in [3.63, 3.8) is 0 Å². The van der Waals surface area contributed by atoms with Gasteiger partial charge in [0.15, 0.2) is 0 Å². The van der Waals surface area contributed by atoms with E-state index in [-0.39, 0.29) is 17.8 Å². The van der Waals surface area contributed by atoms with Gasteiger partial charge < -0.3 is 0 Å². The first-order valence-electron chi connectivity index (χ1n) is 4.73. The second-order valence-corrected chi connectivity index (χ2v) is 3.62. The molecule has 0 N–H and O–H groups in total. The standard InChI is InChI=1S/C9H17N3O/c1-5-8(4)12-9(13)11(6-10-12)7(2)3/h6-8H,5H2,1-4H3. The van der Waals surface area contributed by atoms with Gasteiger partial charge in [-0.05, 0) is 27.2 Å². The van der Waals surface area contributed by atoms with E-state index in [9.17, 15) is 4.79 Å². The third kappa shape index (κ3) is 1.82. The lowest BCUT2D eigenvalue weighted by atomic mass is 10.3. The summed E-state index contributed by atoms with van der Waals surface area (Å²) >= 11 is 0. The monoisotopic (exact) mass is 183 g/mol. The lowest BCUT2D eigenvalue weighted by Crippen LogP contribution is -2.27. The molecule has 0 amide bonds. The Morgan fingerprint density at radius 1 is 1.46 bits per heavy atom. The Hall–Kier alpha value is -1.06. The molecule has 0 saturated carbocycles. The predicted octanol–water partition coefficient (Wildman–Crippen LogP) is 1.60. The van der Waals surface area contributed by atoms with Gasteiger partial charge in [-0.3, -0.25) is 4.57 Å². The highest BCUT2D eigenvalue weighted by Gasteiger charge is 2.11.